The Bertz CT molecular complexity index is 543. The number of nitrogens with zero attached hydrogens (tertiary/aromatic N) is 3. The summed E-state index contributed by atoms with van der Waals surface area (Å²) >= 11 is 0. The number of aromatic nitrogens is 2. The maximum absolute atomic E-state index is 12.3. The van der Waals surface area contributed by atoms with E-state index in [1.165, 1.54) is 0 Å². The van der Waals surface area contributed by atoms with Crippen LogP contribution in [0.3, 0.4) is 0 Å². The van der Waals surface area contributed by atoms with Crippen LogP contribution in [0.5, 0.6) is 0 Å². The number of ether oxygens (including phenoxy) is 1. The molecule has 0 bridgehead atoms. The molecule has 0 aliphatic carbocycles. The molecule has 1 aliphatic heterocycles. The summed E-state index contributed by atoms with van der Waals surface area (Å²) in [5.41, 5.74) is 0.540. The van der Waals surface area contributed by atoms with Gasteiger partial charge in [0.15, 0.2) is 0 Å². The molecule has 0 saturated carbocycles. The summed E-state index contributed by atoms with van der Waals surface area (Å²) in [7, 11) is 0. The minimum atomic E-state index is -0.192. The van der Waals surface area contributed by atoms with Crippen molar-refractivity contribution in [2.45, 2.75) is 52.7 Å². The third kappa shape index (κ3) is 4.30. The first kappa shape index (κ1) is 17.0. The predicted molar refractivity (Wildman–Crippen MR) is 87.1 cm³/mol. The van der Waals surface area contributed by atoms with E-state index in [2.05, 4.69) is 49.9 Å². The molecule has 2 heterocycles. The normalized spacial score (nSPS) is 19.2. The SMILES string of the molecule is Cc1cc(NC(=O)CN2CCOC(C)(C)C2)n(C(C)(C)C)n1. The molecule has 1 amide bonds. The van der Waals surface area contributed by atoms with Gasteiger partial charge in [-0.15, -0.1) is 0 Å². The largest absolute Gasteiger partial charge is 0.373 e. The molecule has 6 heteroatoms. The van der Waals surface area contributed by atoms with Crippen molar-refractivity contribution in [3.63, 3.8) is 0 Å². The number of nitrogens with one attached hydrogen (secondary N) is 1. The van der Waals surface area contributed by atoms with Crippen LogP contribution in [-0.2, 0) is 15.1 Å². The van der Waals surface area contributed by atoms with Crippen LogP contribution in [0.25, 0.3) is 0 Å². The number of morpholine rings is 1. The molecule has 1 N–H and O–H groups in total. The fraction of sp³-hybridized carbons (Fsp3) is 0.750. The molecular weight excluding hydrogens is 280 g/mol. The van der Waals surface area contributed by atoms with E-state index in [0.29, 0.717) is 13.2 Å². The van der Waals surface area contributed by atoms with Gasteiger partial charge in [0.25, 0.3) is 0 Å². The van der Waals surface area contributed by atoms with Crippen LogP contribution in [0.2, 0.25) is 0 Å². The topological polar surface area (TPSA) is 59.4 Å². The molecule has 0 atom stereocenters. The summed E-state index contributed by atoms with van der Waals surface area (Å²) in [6.07, 6.45) is 0. The fourth-order valence-corrected chi connectivity index (χ4v) is 2.73. The molecule has 1 aromatic rings. The van der Waals surface area contributed by atoms with Crippen LogP contribution in [0.4, 0.5) is 5.82 Å². The van der Waals surface area contributed by atoms with Crippen molar-refractivity contribution in [1.29, 1.82) is 0 Å². The lowest BCUT2D eigenvalue weighted by Gasteiger charge is -2.37. The number of amides is 1. The number of rotatable bonds is 3. The van der Waals surface area contributed by atoms with Crippen LogP contribution in [0, 0.1) is 6.92 Å². The van der Waals surface area contributed by atoms with Gasteiger partial charge in [0.1, 0.15) is 5.82 Å². The third-order valence-electron chi connectivity index (χ3n) is 3.61. The molecule has 1 fully saturated rings. The van der Waals surface area contributed by atoms with Gasteiger partial charge in [-0.1, -0.05) is 0 Å². The van der Waals surface area contributed by atoms with Gasteiger partial charge < -0.3 is 10.1 Å². The van der Waals surface area contributed by atoms with E-state index in [1.807, 2.05) is 17.7 Å². The standard InChI is InChI=1S/C16H28N4O2/c1-12-9-13(20(18-12)15(2,3)4)17-14(21)10-19-7-8-22-16(5,6)11-19/h9H,7-8,10-11H2,1-6H3,(H,17,21). The van der Waals surface area contributed by atoms with Gasteiger partial charge in [-0.25, -0.2) is 4.68 Å². The zero-order chi connectivity index (χ0) is 16.5. The number of aryl methyl sites for hydroxylation is 1. The van der Waals surface area contributed by atoms with E-state index in [1.54, 1.807) is 0 Å². The molecular formula is C16H28N4O2. The molecule has 0 spiro atoms. The van der Waals surface area contributed by atoms with Crippen molar-refractivity contribution in [1.82, 2.24) is 14.7 Å². The van der Waals surface area contributed by atoms with E-state index in [0.717, 1.165) is 24.6 Å². The second-order valence-electron chi connectivity index (χ2n) is 7.62. The van der Waals surface area contributed by atoms with Gasteiger partial charge >= 0.3 is 0 Å². The monoisotopic (exact) mass is 308 g/mol. The van der Waals surface area contributed by atoms with Gasteiger partial charge in [-0.05, 0) is 41.5 Å². The quantitative estimate of drug-likeness (QED) is 0.928. The van der Waals surface area contributed by atoms with Crippen molar-refractivity contribution >= 4 is 11.7 Å². The zero-order valence-corrected chi connectivity index (χ0v) is 14.6. The van der Waals surface area contributed by atoms with Crippen molar-refractivity contribution in [2.24, 2.45) is 0 Å². The van der Waals surface area contributed by atoms with Crippen molar-refractivity contribution < 1.29 is 9.53 Å². The highest BCUT2D eigenvalue weighted by molar-refractivity contribution is 5.91. The maximum atomic E-state index is 12.3. The first-order valence-corrected chi connectivity index (χ1v) is 7.80. The van der Waals surface area contributed by atoms with E-state index in [9.17, 15) is 4.79 Å². The summed E-state index contributed by atoms with van der Waals surface area (Å²) < 4.78 is 7.54. The van der Waals surface area contributed by atoms with Crippen LogP contribution >= 0.6 is 0 Å². The van der Waals surface area contributed by atoms with Crippen LogP contribution in [-0.4, -0.2) is 52.4 Å². The average molecular weight is 308 g/mol. The molecule has 2 rings (SSSR count). The number of anilines is 1. The third-order valence-corrected chi connectivity index (χ3v) is 3.61. The smallest absolute Gasteiger partial charge is 0.239 e. The highest BCUT2D eigenvalue weighted by Gasteiger charge is 2.28. The summed E-state index contributed by atoms with van der Waals surface area (Å²) in [6, 6.07) is 1.91. The Balaban J connectivity index is 2.01. The van der Waals surface area contributed by atoms with E-state index in [4.69, 9.17) is 4.74 Å². The van der Waals surface area contributed by atoms with Gasteiger partial charge in [0, 0.05) is 19.2 Å². The second kappa shape index (κ2) is 6.01. The van der Waals surface area contributed by atoms with Gasteiger partial charge in [-0.3, -0.25) is 9.69 Å². The van der Waals surface area contributed by atoms with Crippen LogP contribution in [0.15, 0.2) is 6.07 Å². The van der Waals surface area contributed by atoms with E-state index in [-0.39, 0.29) is 17.0 Å². The molecule has 6 nitrogen and oxygen atoms in total. The molecule has 0 radical (unpaired) electrons. The Kier molecular flexibility index (Phi) is 4.63. The fourth-order valence-electron chi connectivity index (χ4n) is 2.73. The van der Waals surface area contributed by atoms with Gasteiger partial charge in [0.2, 0.25) is 5.91 Å². The molecule has 22 heavy (non-hydrogen) atoms. The Hall–Kier alpha value is -1.40. The minimum Gasteiger partial charge on any atom is -0.373 e. The van der Waals surface area contributed by atoms with Crippen molar-refractivity contribution in [2.75, 3.05) is 31.6 Å². The van der Waals surface area contributed by atoms with Crippen molar-refractivity contribution in [3.05, 3.63) is 11.8 Å². The van der Waals surface area contributed by atoms with Crippen LogP contribution in [0.1, 0.15) is 40.3 Å². The molecule has 1 aromatic heterocycles. The Morgan fingerprint density at radius 3 is 2.73 bits per heavy atom. The Morgan fingerprint density at radius 2 is 2.14 bits per heavy atom. The zero-order valence-electron chi connectivity index (χ0n) is 14.6. The number of hydrogen-bond donors (Lipinski definition) is 1. The van der Waals surface area contributed by atoms with E-state index >= 15 is 0 Å². The Morgan fingerprint density at radius 1 is 1.45 bits per heavy atom. The minimum absolute atomic E-state index is 0.0110. The summed E-state index contributed by atoms with van der Waals surface area (Å²) in [5.74, 6) is 0.741. The first-order chi connectivity index (χ1) is 10.1. The maximum Gasteiger partial charge on any atom is 0.239 e. The lowest BCUT2D eigenvalue weighted by molar-refractivity contribution is -0.122. The summed E-state index contributed by atoms with van der Waals surface area (Å²) in [5, 5.41) is 7.46. The second-order valence-corrected chi connectivity index (χ2v) is 7.62. The molecule has 1 aliphatic rings. The molecule has 124 valence electrons. The summed E-state index contributed by atoms with van der Waals surface area (Å²) in [6.45, 7) is 14.8. The van der Waals surface area contributed by atoms with Crippen LogP contribution < -0.4 is 5.32 Å². The number of hydrogen-bond acceptors (Lipinski definition) is 4. The van der Waals surface area contributed by atoms with E-state index < -0.39 is 0 Å². The van der Waals surface area contributed by atoms with Crippen molar-refractivity contribution in [3.8, 4) is 0 Å². The average Bonchev–Trinajstić information content (AvgIpc) is 2.68. The van der Waals surface area contributed by atoms with Gasteiger partial charge in [0.05, 0.1) is 30.0 Å². The highest BCUT2D eigenvalue weighted by Crippen LogP contribution is 2.21. The molecule has 1 saturated heterocycles. The Labute approximate surface area is 132 Å². The van der Waals surface area contributed by atoms with Gasteiger partial charge in [-0.2, -0.15) is 5.10 Å². The number of carbonyl (C=O) groups excluding carboxylic acids is 1. The molecule has 0 unspecified atom stereocenters. The predicted octanol–water partition coefficient (Wildman–Crippen LogP) is 2.00. The lowest BCUT2D eigenvalue weighted by atomic mass is 10.1. The highest BCUT2D eigenvalue weighted by atomic mass is 16.5. The molecule has 0 aromatic carbocycles. The lowest BCUT2D eigenvalue weighted by Crippen LogP contribution is -2.50. The summed E-state index contributed by atoms with van der Waals surface area (Å²) in [4.78, 5) is 14.5. The number of carbonyl (C=O) groups is 1. The first-order valence-electron chi connectivity index (χ1n) is 7.80.